The molecular weight excluding hydrogens is 376 g/mol. The van der Waals surface area contributed by atoms with E-state index in [9.17, 15) is 10.1 Å². The Bertz CT molecular complexity index is 988. The molecule has 0 heterocycles. The zero-order chi connectivity index (χ0) is 20.1. The van der Waals surface area contributed by atoms with E-state index in [1.165, 1.54) is 30.4 Å². The number of aryl methyl sites for hydroxylation is 3. The zero-order valence-electron chi connectivity index (χ0n) is 15.7. The molecule has 6 heteroatoms. The van der Waals surface area contributed by atoms with Crippen LogP contribution in [0.25, 0.3) is 0 Å². The van der Waals surface area contributed by atoms with Gasteiger partial charge in [-0.3, -0.25) is 10.1 Å². The van der Waals surface area contributed by atoms with Gasteiger partial charge in [-0.1, -0.05) is 35.9 Å². The summed E-state index contributed by atoms with van der Waals surface area (Å²) in [5, 5.41) is 15.0. The van der Waals surface area contributed by atoms with Crippen molar-refractivity contribution in [3.63, 3.8) is 0 Å². The monoisotopic (exact) mass is 396 g/mol. The molecule has 0 aromatic heterocycles. The van der Waals surface area contributed by atoms with Crippen molar-refractivity contribution in [2.45, 2.75) is 19.8 Å². The van der Waals surface area contributed by atoms with Crippen molar-refractivity contribution in [1.29, 1.82) is 0 Å². The first kappa shape index (κ1) is 19.7. The summed E-state index contributed by atoms with van der Waals surface area (Å²) >= 11 is 6.19. The summed E-state index contributed by atoms with van der Waals surface area (Å²) in [7, 11) is 1.53. The van der Waals surface area contributed by atoms with E-state index in [0.717, 1.165) is 29.1 Å². The highest BCUT2D eigenvalue weighted by molar-refractivity contribution is 6.31. The predicted octanol–water partition coefficient (Wildman–Crippen LogP) is 6.09. The number of non-ortho nitro benzene ring substituents is 1. The lowest BCUT2D eigenvalue weighted by atomic mass is 10.0. The van der Waals surface area contributed by atoms with E-state index in [2.05, 4.69) is 11.4 Å². The summed E-state index contributed by atoms with van der Waals surface area (Å²) in [4.78, 5) is 10.6. The summed E-state index contributed by atoms with van der Waals surface area (Å²) in [5.74, 6) is 0.547. The standard InChI is InChI=1S/C22H21ClN2O3/c1-15-3-4-17(13-20(15)23)6-5-16-7-9-18(10-8-16)24-21-14-19(25(26)27)11-12-22(21)28-2/h3-4,7-14,24H,5-6H2,1-2H3. The number of rotatable bonds is 7. The molecule has 0 aliphatic rings. The number of benzene rings is 3. The lowest BCUT2D eigenvalue weighted by molar-refractivity contribution is -0.384. The van der Waals surface area contributed by atoms with Gasteiger partial charge in [-0.25, -0.2) is 0 Å². The summed E-state index contributed by atoms with van der Waals surface area (Å²) in [6.45, 7) is 1.99. The first-order chi connectivity index (χ1) is 13.5. The van der Waals surface area contributed by atoms with Crippen LogP contribution in [0.1, 0.15) is 16.7 Å². The average Bonchev–Trinajstić information content (AvgIpc) is 2.70. The molecule has 144 valence electrons. The van der Waals surface area contributed by atoms with Crippen LogP contribution in [0.3, 0.4) is 0 Å². The molecule has 5 nitrogen and oxygen atoms in total. The van der Waals surface area contributed by atoms with Crippen molar-refractivity contribution in [1.82, 2.24) is 0 Å². The third-order valence-electron chi connectivity index (χ3n) is 4.57. The number of nitro benzene ring substituents is 1. The Kier molecular flexibility index (Phi) is 6.16. The van der Waals surface area contributed by atoms with Crippen LogP contribution < -0.4 is 10.1 Å². The highest BCUT2D eigenvalue weighted by Crippen LogP contribution is 2.31. The third kappa shape index (κ3) is 4.81. The molecule has 0 saturated heterocycles. The molecule has 0 spiro atoms. The Morgan fingerprint density at radius 1 is 1.00 bits per heavy atom. The fourth-order valence-corrected chi connectivity index (χ4v) is 3.10. The molecule has 0 saturated carbocycles. The van der Waals surface area contributed by atoms with Crippen molar-refractivity contribution >= 4 is 28.7 Å². The summed E-state index contributed by atoms with van der Waals surface area (Å²) < 4.78 is 5.29. The highest BCUT2D eigenvalue weighted by Gasteiger charge is 2.11. The topological polar surface area (TPSA) is 64.4 Å². The first-order valence-corrected chi connectivity index (χ1v) is 9.27. The van der Waals surface area contributed by atoms with E-state index in [-0.39, 0.29) is 5.69 Å². The molecule has 0 aliphatic heterocycles. The summed E-state index contributed by atoms with van der Waals surface area (Å²) in [6, 6.07) is 18.6. The van der Waals surface area contributed by atoms with Gasteiger partial charge >= 0.3 is 0 Å². The van der Waals surface area contributed by atoms with Gasteiger partial charge in [-0.2, -0.15) is 0 Å². The molecule has 0 unspecified atom stereocenters. The van der Waals surface area contributed by atoms with E-state index >= 15 is 0 Å². The van der Waals surface area contributed by atoms with Gasteiger partial charge in [0.1, 0.15) is 5.75 Å². The van der Waals surface area contributed by atoms with Crippen molar-refractivity contribution in [3.8, 4) is 5.75 Å². The number of halogens is 1. The summed E-state index contributed by atoms with van der Waals surface area (Å²) in [6.07, 6.45) is 1.81. The van der Waals surface area contributed by atoms with E-state index in [1.807, 2.05) is 43.3 Å². The van der Waals surface area contributed by atoms with Crippen LogP contribution in [0.15, 0.2) is 60.7 Å². The molecule has 0 amide bonds. The Labute approximate surface area is 169 Å². The van der Waals surface area contributed by atoms with E-state index in [4.69, 9.17) is 16.3 Å². The molecule has 0 atom stereocenters. The average molecular weight is 397 g/mol. The lowest BCUT2D eigenvalue weighted by Gasteiger charge is -2.11. The van der Waals surface area contributed by atoms with Gasteiger partial charge in [0.15, 0.2) is 0 Å². The number of hydrogen-bond donors (Lipinski definition) is 1. The lowest BCUT2D eigenvalue weighted by Crippen LogP contribution is -1.97. The molecule has 0 bridgehead atoms. The van der Waals surface area contributed by atoms with Crippen LogP contribution in [0.4, 0.5) is 17.1 Å². The molecule has 3 rings (SSSR count). The first-order valence-electron chi connectivity index (χ1n) is 8.89. The minimum atomic E-state index is -0.426. The quantitative estimate of drug-likeness (QED) is 0.387. The Morgan fingerprint density at radius 3 is 2.32 bits per heavy atom. The van der Waals surface area contributed by atoms with E-state index in [1.54, 1.807) is 6.07 Å². The van der Waals surface area contributed by atoms with Crippen LogP contribution in [-0.2, 0) is 12.8 Å². The molecule has 0 radical (unpaired) electrons. The minimum absolute atomic E-state index is 0.0108. The molecule has 0 aliphatic carbocycles. The van der Waals surface area contributed by atoms with Gasteiger partial charge in [0.2, 0.25) is 0 Å². The fourth-order valence-electron chi connectivity index (χ4n) is 2.90. The number of methoxy groups -OCH3 is 1. The maximum absolute atomic E-state index is 11.0. The smallest absolute Gasteiger partial charge is 0.271 e. The molecule has 1 N–H and O–H groups in total. The van der Waals surface area contributed by atoms with E-state index < -0.39 is 4.92 Å². The second-order valence-corrected chi connectivity index (χ2v) is 6.95. The number of nitro groups is 1. The van der Waals surface area contributed by atoms with E-state index in [0.29, 0.717) is 11.4 Å². The van der Waals surface area contributed by atoms with Crippen molar-refractivity contribution in [2.75, 3.05) is 12.4 Å². The summed E-state index contributed by atoms with van der Waals surface area (Å²) in [5.41, 5.74) is 4.89. The van der Waals surface area contributed by atoms with Crippen molar-refractivity contribution in [3.05, 3.63) is 92.5 Å². The van der Waals surface area contributed by atoms with Gasteiger partial charge in [-0.15, -0.1) is 0 Å². The molecule has 3 aromatic carbocycles. The van der Waals surface area contributed by atoms with Crippen LogP contribution in [0, 0.1) is 17.0 Å². The zero-order valence-corrected chi connectivity index (χ0v) is 16.5. The molecular formula is C22H21ClN2O3. The Hall–Kier alpha value is -3.05. The second-order valence-electron chi connectivity index (χ2n) is 6.55. The third-order valence-corrected chi connectivity index (χ3v) is 4.97. The van der Waals surface area contributed by atoms with Gasteiger partial charge in [0, 0.05) is 22.8 Å². The SMILES string of the molecule is COc1ccc([N+](=O)[O-])cc1Nc1ccc(CCc2ccc(C)c(Cl)c2)cc1. The highest BCUT2D eigenvalue weighted by atomic mass is 35.5. The Balaban J connectivity index is 1.68. The van der Waals surface area contributed by atoms with Gasteiger partial charge in [-0.05, 0) is 60.7 Å². The van der Waals surface area contributed by atoms with Gasteiger partial charge < -0.3 is 10.1 Å². The molecule has 28 heavy (non-hydrogen) atoms. The van der Waals surface area contributed by atoms with Crippen LogP contribution in [0.5, 0.6) is 5.75 Å². The number of hydrogen-bond acceptors (Lipinski definition) is 4. The number of nitrogens with one attached hydrogen (secondary N) is 1. The maximum Gasteiger partial charge on any atom is 0.271 e. The van der Waals surface area contributed by atoms with Gasteiger partial charge in [0.25, 0.3) is 5.69 Å². The second kappa shape index (κ2) is 8.76. The normalized spacial score (nSPS) is 10.5. The number of ether oxygens (including phenoxy) is 1. The predicted molar refractivity (Wildman–Crippen MR) is 113 cm³/mol. The number of anilines is 2. The minimum Gasteiger partial charge on any atom is -0.495 e. The fraction of sp³-hybridized carbons (Fsp3) is 0.182. The molecule has 0 fully saturated rings. The van der Waals surface area contributed by atoms with Crippen LogP contribution in [-0.4, -0.2) is 12.0 Å². The largest absolute Gasteiger partial charge is 0.495 e. The maximum atomic E-state index is 11.0. The Morgan fingerprint density at radius 2 is 1.68 bits per heavy atom. The van der Waals surface area contributed by atoms with Crippen molar-refractivity contribution in [2.24, 2.45) is 0 Å². The number of nitrogens with zero attached hydrogens (tertiary/aromatic N) is 1. The van der Waals surface area contributed by atoms with Crippen LogP contribution in [0.2, 0.25) is 5.02 Å². The van der Waals surface area contributed by atoms with Gasteiger partial charge in [0.05, 0.1) is 17.7 Å². The van der Waals surface area contributed by atoms with Crippen LogP contribution >= 0.6 is 11.6 Å². The van der Waals surface area contributed by atoms with Crippen molar-refractivity contribution < 1.29 is 9.66 Å². The molecule has 3 aromatic rings.